The van der Waals surface area contributed by atoms with Crippen LogP contribution in [0.3, 0.4) is 0 Å². The van der Waals surface area contributed by atoms with Gasteiger partial charge in [0.25, 0.3) is 11.9 Å². The highest BCUT2D eigenvalue weighted by Gasteiger charge is 2.19. The summed E-state index contributed by atoms with van der Waals surface area (Å²) in [5.41, 5.74) is 1.94. The summed E-state index contributed by atoms with van der Waals surface area (Å²) < 4.78 is 11.1. The second-order valence-electron chi connectivity index (χ2n) is 5.33. The van der Waals surface area contributed by atoms with Gasteiger partial charge in [-0.25, -0.2) is 4.98 Å². The first kappa shape index (κ1) is 15.8. The van der Waals surface area contributed by atoms with Crippen molar-refractivity contribution in [3.05, 3.63) is 52.6 Å². The molecule has 8 heteroatoms. The maximum atomic E-state index is 11.3. The number of carbonyl (C=O) groups excluding carboxylic acids is 1. The number of ether oxygens (including phenoxy) is 1. The molecule has 126 valence electrons. The van der Waals surface area contributed by atoms with Crippen LogP contribution in [0.4, 0.5) is 17.4 Å². The van der Waals surface area contributed by atoms with Crippen molar-refractivity contribution in [2.45, 2.75) is 0 Å². The smallest absolute Gasteiger partial charge is 0.299 e. The molecule has 0 fully saturated rings. The number of halogens is 2. The number of hydrogen-bond donors (Lipinski definition) is 2. The molecule has 0 radical (unpaired) electrons. The molecule has 0 bridgehead atoms. The fourth-order valence-electron chi connectivity index (χ4n) is 2.39. The Hall–Kier alpha value is -2.70. The van der Waals surface area contributed by atoms with Crippen molar-refractivity contribution >= 4 is 46.5 Å². The number of rotatable bonds is 3. The predicted octanol–water partition coefficient (Wildman–Crippen LogP) is 4.72. The summed E-state index contributed by atoms with van der Waals surface area (Å²) >= 11 is 12.1. The molecular weight excluding hydrogens is 365 g/mol. The molecule has 25 heavy (non-hydrogen) atoms. The Kier molecular flexibility index (Phi) is 3.99. The minimum Gasteiger partial charge on any atom is -0.482 e. The lowest BCUT2D eigenvalue weighted by Crippen LogP contribution is -2.25. The number of hydrogen-bond acceptors (Lipinski definition) is 5. The van der Waals surface area contributed by atoms with Gasteiger partial charge in [-0.05, 0) is 30.3 Å². The van der Waals surface area contributed by atoms with E-state index in [2.05, 4.69) is 15.6 Å². The Morgan fingerprint density at radius 2 is 1.96 bits per heavy atom. The van der Waals surface area contributed by atoms with E-state index in [1.54, 1.807) is 30.5 Å². The van der Waals surface area contributed by atoms with Gasteiger partial charge >= 0.3 is 0 Å². The molecule has 0 saturated carbocycles. The third-order valence-corrected chi connectivity index (χ3v) is 4.14. The zero-order valence-electron chi connectivity index (χ0n) is 12.7. The molecule has 0 atom stereocenters. The van der Waals surface area contributed by atoms with E-state index in [0.29, 0.717) is 32.9 Å². The fraction of sp³-hybridized carbons (Fsp3) is 0.0588. The Labute approximate surface area is 152 Å². The predicted molar refractivity (Wildman–Crippen MR) is 95.8 cm³/mol. The topological polar surface area (TPSA) is 76.4 Å². The Balaban J connectivity index is 1.59. The molecule has 1 aromatic heterocycles. The first-order valence-corrected chi connectivity index (χ1v) is 8.09. The van der Waals surface area contributed by atoms with Crippen molar-refractivity contribution in [2.24, 2.45) is 0 Å². The standard InChI is InChI=1S/C17H11Cl2N3O3/c18-10-3-1-9(2-4-10)15-7-20-17(25-15)22-12-6-14-13(5-11(12)19)21-16(23)8-24-14/h1-7H,8H2,(H,20,22)(H,21,23). The summed E-state index contributed by atoms with van der Waals surface area (Å²) in [6.45, 7) is -0.0339. The van der Waals surface area contributed by atoms with Crippen LogP contribution in [0.2, 0.25) is 10.0 Å². The van der Waals surface area contributed by atoms with Crippen LogP contribution in [0, 0.1) is 0 Å². The SMILES string of the molecule is O=C1COc2cc(Nc3ncc(-c4ccc(Cl)cc4)o3)c(Cl)cc2N1. The minimum absolute atomic E-state index is 0.0339. The maximum absolute atomic E-state index is 11.3. The molecule has 1 aliphatic rings. The van der Waals surface area contributed by atoms with Crippen LogP contribution in [-0.4, -0.2) is 17.5 Å². The van der Waals surface area contributed by atoms with Crippen LogP contribution >= 0.6 is 23.2 Å². The van der Waals surface area contributed by atoms with Gasteiger partial charge in [0.2, 0.25) is 0 Å². The van der Waals surface area contributed by atoms with Gasteiger partial charge in [0.1, 0.15) is 5.75 Å². The average Bonchev–Trinajstić information content (AvgIpc) is 3.05. The quantitative estimate of drug-likeness (QED) is 0.692. The molecular formula is C17H11Cl2N3O3. The lowest BCUT2D eigenvalue weighted by Gasteiger charge is -2.19. The highest BCUT2D eigenvalue weighted by molar-refractivity contribution is 6.34. The summed E-state index contributed by atoms with van der Waals surface area (Å²) in [6.07, 6.45) is 1.61. The molecule has 2 N–H and O–H groups in total. The molecule has 0 spiro atoms. The molecule has 1 amide bonds. The third kappa shape index (κ3) is 3.26. The number of nitrogens with zero attached hydrogens (tertiary/aromatic N) is 1. The summed E-state index contributed by atoms with van der Waals surface area (Å²) in [6, 6.07) is 10.8. The van der Waals surface area contributed by atoms with E-state index in [1.807, 2.05) is 12.1 Å². The van der Waals surface area contributed by atoms with E-state index in [1.165, 1.54) is 0 Å². The van der Waals surface area contributed by atoms with Crippen LogP contribution in [0.1, 0.15) is 0 Å². The van der Waals surface area contributed by atoms with Crippen molar-refractivity contribution in [3.63, 3.8) is 0 Å². The number of fused-ring (bicyclic) bond motifs is 1. The van der Waals surface area contributed by atoms with Gasteiger partial charge in [0, 0.05) is 16.7 Å². The molecule has 2 aromatic carbocycles. The summed E-state index contributed by atoms with van der Waals surface area (Å²) in [7, 11) is 0. The van der Waals surface area contributed by atoms with Crippen LogP contribution < -0.4 is 15.4 Å². The zero-order chi connectivity index (χ0) is 17.4. The van der Waals surface area contributed by atoms with Crippen molar-refractivity contribution in [1.29, 1.82) is 0 Å². The number of carbonyl (C=O) groups is 1. The Bertz CT molecular complexity index is 954. The van der Waals surface area contributed by atoms with Gasteiger partial charge in [0.05, 0.1) is 22.6 Å². The van der Waals surface area contributed by atoms with Crippen LogP contribution in [0.15, 0.2) is 47.0 Å². The van der Waals surface area contributed by atoms with Gasteiger partial charge in [-0.3, -0.25) is 4.79 Å². The number of nitrogens with one attached hydrogen (secondary N) is 2. The summed E-state index contributed by atoms with van der Waals surface area (Å²) in [5.74, 6) is 0.900. The molecule has 6 nitrogen and oxygen atoms in total. The van der Waals surface area contributed by atoms with Gasteiger partial charge in [0.15, 0.2) is 12.4 Å². The van der Waals surface area contributed by atoms with Crippen LogP contribution in [-0.2, 0) is 4.79 Å². The van der Waals surface area contributed by atoms with E-state index in [-0.39, 0.29) is 18.5 Å². The monoisotopic (exact) mass is 375 g/mol. The van der Waals surface area contributed by atoms with Gasteiger partial charge in [-0.2, -0.15) is 0 Å². The lowest BCUT2D eigenvalue weighted by molar-refractivity contribution is -0.118. The Morgan fingerprint density at radius 1 is 1.16 bits per heavy atom. The molecule has 2 heterocycles. The van der Waals surface area contributed by atoms with Gasteiger partial charge in [-0.15, -0.1) is 0 Å². The number of anilines is 3. The lowest BCUT2D eigenvalue weighted by atomic mass is 10.2. The van der Waals surface area contributed by atoms with Gasteiger partial charge < -0.3 is 19.8 Å². The number of oxazole rings is 1. The normalized spacial score (nSPS) is 13.0. The van der Waals surface area contributed by atoms with Crippen molar-refractivity contribution in [3.8, 4) is 17.1 Å². The molecule has 0 unspecified atom stereocenters. The highest BCUT2D eigenvalue weighted by atomic mass is 35.5. The third-order valence-electron chi connectivity index (χ3n) is 3.58. The summed E-state index contributed by atoms with van der Waals surface area (Å²) in [5, 5.41) is 6.75. The zero-order valence-corrected chi connectivity index (χ0v) is 14.2. The number of benzene rings is 2. The van der Waals surface area contributed by atoms with E-state index >= 15 is 0 Å². The van der Waals surface area contributed by atoms with E-state index < -0.39 is 0 Å². The molecule has 0 saturated heterocycles. The summed E-state index contributed by atoms with van der Waals surface area (Å²) in [4.78, 5) is 15.5. The largest absolute Gasteiger partial charge is 0.482 e. The van der Waals surface area contributed by atoms with Crippen molar-refractivity contribution in [2.75, 3.05) is 17.2 Å². The van der Waals surface area contributed by atoms with Crippen LogP contribution in [0.5, 0.6) is 5.75 Å². The molecule has 4 rings (SSSR count). The number of aromatic nitrogens is 1. The second kappa shape index (κ2) is 6.31. The fourth-order valence-corrected chi connectivity index (χ4v) is 2.73. The van der Waals surface area contributed by atoms with E-state index in [0.717, 1.165) is 5.56 Å². The first-order chi connectivity index (χ1) is 12.1. The molecule has 3 aromatic rings. The first-order valence-electron chi connectivity index (χ1n) is 7.33. The Morgan fingerprint density at radius 3 is 2.76 bits per heavy atom. The maximum Gasteiger partial charge on any atom is 0.299 e. The average molecular weight is 376 g/mol. The second-order valence-corrected chi connectivity index (χ2v) is 6.17. The van der Waals surface area contributed by atoms with E-state index in [9.17, 15) is 4.79 Å². The van der Waals surface area contributed by atoms with Crippen molar-refractivity contribution < 1.29 is 13.9 Å². The molecule has 0 aliphatic carbocycles. The molecule has 1 aliphatic heterocycles. The number of amides is 1. The van der Waals surface area contributed by atoms with E-state index in [4.69, 9.17) is 32.4 Å². The minimum atomic E-state index is -0.218. The van der Waals surface area contributed by atoms with Crippen LogP contribution in [0.25, 0.3) is 11.3 Å². The van der Waals surface area contributed by atoms with Crippen molar-refractivity contribution in [1.82, 2.24) is 4.98 Å². The highest BCUT2D eigenvalue weighted by Crippen LogP contribution is 2.37. The van der Waals surface area contributed by atoms with Gasteiger partial charge in [-0.1, -0.05) is 23.2 Å².